The van der Waals surface area contributed by atoms with Crippen molar-refractivity contribution in [3.8, 4) is 0 Å². The van der Waals surface area contributed by atoms with Crippen molar-refractivity contribution < 1.29 is 19.1 Å². The fourth-order valence-corrected chi connectivity index (χ4v) is 1.87. The molecule has 0 saturated carbocycles. The zero-order chi connectivity index (χ0) is 14.9. The molecule has 5 nitrogen and oxygen atoms in total. The highest BCUT2D eigenvalue weighted by Gasteiger charge is 2.21. The van der Waals surface area contributed by atoms with Crippen LogP contribution in [0.15, 0.2) is 24.4 Å². The van der Waals surface area contributed by atoms with E-state index in [0.29, 0.717) is 16.5 Å². The first-order valence-corrected chi connectivity index (χ1v) is 6.24. The van der Waals surface area contributed by atoms with Gasteiger partial charge in [0.2, 0.25) is 0 Å². The molecule has 0 saturated heterocycles. The van der Waals surface area contributed by atoms with Gasteiger partial charge in [-0.2, -0.15) is 0 Å². The number of nitrogens with one attached hydrogen (secondary N) is 1. The van der Waals surface area contributed by atoms with Gasteiger partial charge in [-0.3, -0.25) is 0 Å². The molecule has 0 amide bonds. The molecule has 0 fully saturated rings. The second-order valence-electron chi connectivity index (χ2n) is 5.46. The number of carbonyl (C=O) groups excluding carboxylic acids is 2. The van der Waals surface area contributed by atoms with Crippen molar-refractivity contribution in [1.29, 1.82) is 0 Å². The van der Waals surface area contributed by atoms with Gasteiger partial charge in [0, 0.05) is 17.1 Å². The van der Waals surface area contributed by atoms with Crippen LogP contribution in [-0.2, 0) is 9.47 Å². The van der Waals surface area contributed by atoms with Crippen LogP contribution >= 0.6 is 0 Å². The Morgan fingerprint density at radius 3 is 2.45 bits per heavy atom. The molecular weight excluding hydrogens is 258 g/mol. The van der Waals surface area contributed by atoms with E-state index in [9.17, 15) is 9.59 Å². The van der Waals surface area contributed by atoms with Gasteiger partial charge in [0.05, 0.1) is 18.2 Å². The Morgan fingerprint density at radius 2 is 1.85 bits per heavy atom. The molecule has 1 N–H and O–H groups in total. The van der Waals surface area contributed by atoms with Gasteiger partial charge in [0.25, 0.3) is 0 Å². The molecule has 0 aliphatic heterocycles. The number of benzene rings is 1. The van der Waals surface area contributed by atoms with E-state index in [1.165, 1.54) is 7.11 Å². The third kappa shape index (κ3) is 2.82. The lowest BCUT2D eigenvalue weighted by Gasteiger charge is -2.19. The van der Waals surface area contributed by atoms with Gasteiger partial charge in [-0.05, 0) is 39.0 Å². The maximum absolute atomic E-state index is 12.1. The predicted molar refractivity (Wildman–Crippen MR) is 74.8 cm³/mol. The number of hydrogen-bond acceptors (Lipinski definition) is 4. The smallest absolute Gasteiger partial charge is 0.340 e. The molecule has 20 heavy (non-hydrogen) atoms. The first-order valence-electron chi connectivity index (χ1n) is 6.24. The number of aromatic amines is 1. The number of carbonyl (C=O) groups is 2. The van der Waals surface area contributed by atoms with Gasteiger partial charge in [-0.15, -0.1) is 0 Å². The Morgan fingerprint density at radius 1 is 1.15 bits per heavy atom. The minimum Gasteiger partial charge on any atom is -0.465 e. The van der Waals surface area contributed by atoms with Crippen molar-refractivity contribution in [2.75, 3.05) is 7.11 Å². The van der Waals surface area contributed by atoms with Crippen molar-refractivity contribution in [2.24, 2.45) is 0 Å². The van der Waals surface area contributed by atoms with Gasteiger partial charge in [-0.25, -0.2) is 9.59 Å². The van der Waals surface area contributed by atoms with Crippen LogP contribution in [0.4, 0.5) is 0 Å². The predicted octanol–water partition coefficient (Wildman–Crippen LogP) is 2.91. The lowest BCUT2D eigenvalue weighted by Crippen LogP contribution is -2.23. The average Bonchev–Trinajstić information content (AvgIpc) is 2.78. The minimum atomic E-state index is -0.569. The number of aromatic nitrogens is 1. The van der Waals surface area contributed by atoms with Crippen molar-refractivity contribution in [3.63, 3.8) is 0 Å². The lowest BCUT2D eigenvalue weighted by molar-refractivity contribution is 0.00716. The summed E-state index contributed by atoms with van der Waals surface area (Å²) >= 11 is 0. The van der Waals surface area contributed by atoms with Crippen molar-refractivity contribution >= 4 is 22.8 Å². The highest BCUT2D eigenvalue weighted by Crippen LogP contribution is 2.22. The third-order valence-electron chi connectivity index (χ3n) is 2.72. The molecule has 1 aromatic carbocycles. The molecule has 1 heterocycles. The minimum absolute atomic E-state index is 0.393. The number of esters is 2. The summed E-state index contributed by atoms with van der Waals surface area (Å²) in [6, 6.07) is 5.00. The van der Waals surface area contributed by atoms with Crippen LogP contribution in [0.25, 0.3) is 10.9 Å². The summed E-state index contributed by atoms with van der Waals surface area (Å²) in [5, 5.41) is 0.641. The average molecular weight is 275 g/mol. The number of rotatable bonds is 2. The zero-order valence-corrected chi connectivity index (χ0v) is 11.9. The van der Waals surface area contributed by atoms with Gasteiger partial charge in [0.1, 0.15) is 5.60 Å². The molecule has 0 aliphatic carbocycles. The fourth-order valence-electron chi connectivity index (χ4n) is 1.87. The van der Waals surface area contributed by atoms with Gasteiger partial charge in [0.15, 0.2) is 0 Å². The molecular formula is C15H17NO4. The second kappa shape index (κ2) is 5.00. The Bertz CT molecular complexity index is 664. The van der Waals surface area contributed by atoms with E-state index in [4.69, 9.17) is 4.74 Å². The van der Waals surface area contributed by atoms with Crippen LogP contribution in [0.3, 0.4) is 0 Å². The highest BCUT2D eigenvalue weighted by molar-refractivity contribution is 6.06. The molecule has 0 bridgehead atoms. The molecule has 0 unspecified atom stereocenters. The van der Waals surface area contributed by atoms with E-state index >= 15 is 0 Å². The van der Waals surface area contributed by atoms with E-state index in [1.54, 1.807) is 45.2 Å². The number of methoxy groups -OCH3 is 1. The Balaban J connectivity index is 2.44. The molecule has 106 valence electrons. The van der Waals surface area contributed by atoms with Crippen LogP contribution in [0, 0.1) is 0 Å². The number of H-pyrrole nitrogens is 1. The Kier molecular flexibility index (Phi) is 3.53. The number of fused-ring (bicyclic) bond motifs is 1. The fraction of sp³-hybridized carbons (Fsp3) is 0.333. The molecule has 1 aromatic heterocycles. The van der Waals surface area contributed by atoms with Crippen LogP contribution in [-0.4, -0.2) is 29.6 Å². The standard InChI is InChI=1S/C15H17NO4/c1-15(2,3)20-14(18)11-8-16-12-6-5-9(7-10(11)12)13(17)19-4/h5-8,16H,1-4H3. The first-order chi connectivity index (χ1) is 9.31. The van der Waals surface area contributed by atoms with E-state index in [-0.39, 0.29) is 0 Å². The van der Waals surface area contributed by atoms with Crippen LogP contribution < -0.4 is 0 Å². The molecule has 0 radical (unpaired) electrons. The van der Waals surface area contributed by atoms with E-state index < -0.39 is 17.5 Å². The highest BCUT2D eigenvalue weighted by atomic mass is 16.6. The SMILES string of the molecule is COC(=O)c1ccc2[nH]cc(C(=O)OC(C)(C)C)c2c1. The van der Waals surface area contributed by atoms with Crippen LogP contribution in [0.1, 0.15) is 41.5 Å². The largest absolute Gasteiger partial charge is 0.465 e. The summed E-state index contributed by atoms with van der Waals surface area (Å²) in [4.78, 5) is 26.7. The third-order valence-corrected chi connectivity index (χ3v) is 2.72. The van der Waals surface area contributed by atoms with E-state index in [1.807, 2.05) is 0 Å². The molecule has 2 rings (SSSR count). The monoisotopic (exact) mass is 275 g/mol. The maximum Gasteiger partial charge on any atom is 0.340 e. The molecule has 0 aliphatic rings. The Hall–Kier alpha value is -2.30. The van der Waals surface area contributed by atoms with E-state index in [0.717, 1.165) is 5.52 Å². The zero-order valence-electron chi connectivity index (χ0n) is 11.9. The molecule has 0 spiro atoms. The van der Waals surface area contributed by atoms with Crippen molar-refractivity contribution in [1.82, 2.24) is 4.98 Å². The van der Waals surface area contributed by atoms with Gasteiger partial charge in [-0.1, -0.05) is 0 Å². The van der Waals surface area contributed by atoms with E-state index in [2.05, 4.69) is 9.72 Å². The number of ether oxygens (including phenoxy) is 2. The van der Waals surface area contributed by atoms with Crippen molar-refractivity contribution in [2.45, 2.75) is 26.4 Å². The van der Waals surface area contributed by atoms with Crippen LogP contribution in [0.5, 0.6) is 0 Å². The second-order valence-corrected chi connectivity index (χ2v) is 5.46. The quantitative estimate of drug-likeness (QED) is 0.856. The summed E-state index contributed by atoms with van der Waals surface area (Å²) in [6.45, 7) is 5.42. The van der Waals surface area contributed by atoms with Crippen LogP contribution in [0.2, 0.25) is 0 Å². The number of hydrogen-bond donors (Lipinski definition) is 1. The summed E-state index contributed by atoms with van der Waals surface area (Å²) < 4.78 is 10.0. The molecule has 2 aromatic rings. The Labute approximate surface area is 116 Å². The normalized spacial score (nSPS) is 11.4. The van der Waals surface area contributed by atoms with Gasteiger partial charge < -0.3 is 14.5 Å². The lowest BCUT2D eigenvalue weighted by atomic mass is 10.1. The molecule has 0 atom stereocenters. The molecule has 5 heteroatoms. The summed E-state index contributed by atoms with van der Waals surface area (Å²) in [6.07, 6.45) is 1.58. The van der Waals surface area contributed by atoms with Crippen molar-refractivity contribution in [3.05, 3.63) is 35.5 Å². The summed E-state index contributed by atoms with van der Waals surface area (Å²) in [5.74, 6) is -0.867. The van der Waals surface area contributed by atoms with Gasteiger partial charge >= 0.3 is 11.9 Å². The summed E-state index contributed by atoms with van der Waals surface area (Å²) in [5.41, 5.74) is 0.990. The first kappa shape index (κ1) is 14.1. The topological polar surface area (TPSA) is 68.4 Å². The maximum atomic E-state index is 12.1. The summed E-state index contributed by atoms with van der Waals surface area (Å²) in [7, 11) is 1.32.